The summed E-state index contributed by atoms with van der Waals surface area (Å²) in [4.78, 5) is 0. The molecule has 0 radical (unpaired) electrons. The van der Waals surface area contributed by atoms with Gasteiger partial charge in [0.25, 0.3) is 0 Å². The van der Waals surface area contributed by atoms with E-state index in [1.807, 2.05) is 0 Å². The zero-order valence-corrected chi connectivity index (χ0v) is 12.4. The van der Waals surface area contributed by atoms with Crippen LogP contribution in [-0.4, -0.2) is 32.8 Å². The Kier molecular flexibility index (Phi) is 4.61. The Morgan fingerprint density at radius 2 is 1.84 bits per heavy atom. The Morgan fingerprint density at radius 1 is 1.16 bits per heavy atom. The molecule has 2 rings (SSSR count). The van der Waals surface area contributed by atoms with Crippen LogP contribution in [0.4, 0.5) is 0 Å². The number of benzene rings is 1. The third-order valence-electron chi connectivity index (χ3n) is 4.27. The third kappa shape index (κ3) is 3.35. The van der Waals surface area contributed by atoms with Crippen LogP contribution in [0.25, 0.3) is 0 Å². The first-order chi connectivity index (χ1) is 9.06. The number of hydrogen-bond donors (Lipinski definition) is 2. The molecule has 1 aromatic rings. The van der Waals surface area contributed by atoms with Gasteiger partial charge in [0.1, 0.15) is 0 Å². The normalized spacial score (nSPS) is 17.3. The Labute approximate surface area is 116 Å². The van der Waals surface area contributed by atoms with Crippen molar-refractivity contribution in [2.24, 2.45) is 11.1 Å². The van der Waals surface area contributed by atoms with Crippen LogP contribution in [0.2, 0.25) is 0 Å². The van der Waals surface area contributed by atoms with Gasteiger partial charge in [-0.1, -0.05) is 12.1 Å². The molecule has 0 aromatic heterocycles. The molecule has 1 aliphatic heterocycles. The van der Waals surface area contributed by atoms with Crippen molar-refractivity contribution >= 4 is 0 Å². The third-order valence-corrected chi connectivity index (χ3v) is 4.27. The molecule has 0 saturated carbocycles. The van der Waals surface area contributed by atoms with E-state index in [0.717, 1.165) is 32.7 Å². The minimum Gasteiger partial charge on any atom is -0.380 e. The summed E-state index contributed by atoms with van der Waals surface area (Å²) in [6.45, 7) is 10.8. The molecule has 0 bridgehead atoms. The SMILES string of the molecule is Cc1cc(C)c(CCNCC2(CN)COC2)cc1C. The second-order valence-electron chi connectivity index (χ2n) is 5.99. The van der Waals surface area contributed by atoms with Gasteiger partial charge in [-0.05, 0) is 56.0 Å². The lowest BCUT2D eigenvalue weighted by molar-refractivity contribution is -0.104. The topological polar surface area (TPSA) is 47.3 Å². The molecule has 0 atom stereocenters. The Balaban J connectivity index is 1.81. The standard InChI is InChI=1S/C16H26N2O/c1-12-6-14(3)15(7-13(12)2)4-5-18-9-16(8-17)10-19-11-16/h6-7,18H,4-5,8-11,17H2,1-3H3. The summed E-state index contributed by atoms with van der Waals surface area (Å²) in [6, 6.07) is 4.60. The van der Waals surface area contributed by atoms with Gasteiger partial charge >= 0.3 is 0 Å². The lowest BCUT2D eigenvalue weighted by Gasteiger charge is -2.40. The molecule has 1 saturated heterocycles. The number of rotatable bonds is 6. The van der Waals surface area contributed by atoms with E-state index in [0.29, 0.717) is 6.54 Å². The molecule has 0 aliphatic carbocycles. The van der Waals surface area contributed by atoms with E-state index in [1.54, 1.807) is 0 Å². The summed E-state index contributed by atoms with van der Waals surface area (Å²) in [5, 5.41) is 3.53. The van der Waals surface area contributed by atoms with Crippen molar-refractivity contribution in [1.82, 2.24) is 5.32 Å². The number of nitrogens with two attached hydrogens (primary N) is 1. The van der Waals surface area contributed by atoms with E-state index < -0.39 is 0 Å². The van der Waals surface area contributed by atoms with Crippen molar-refractivity contribution in [2.75, 3.05) is 32.8 Å². The van der Waals surface area contributed by atoms with Crippen LogP contribution in [0.5, 0.6) is 0 Å². The van der Waals surface area contributed by atoms with Crippen LogP contribution in [0, 0.1) is 26.2 Å². The molecule has 3 heteroatoms. The van der Waals surface area contributed by atoms with Gasteiger partial charge < -0.3 is 15.8 Å². The Hall–Kier alpha value is -0.900. The Morgan fingerprint density at radius 3 is 2.42 bits per heavy atom. The summed E-state index contributed by atoms with van der Waals surface area (Å²) in [5.41, 5.74) is 11.6. The zero-order chi connectivity index (χ0) is 13.9. The fourth-order valence-electron chi connectivity index (χ4n) is 2.55. The molecule has 1 aromatic carbocycles. The minimum absolute atomic E-state index is 0.193. The van der Waals surface area contributed by atoms with Gasteiger partial charge in [-0.15, -0.1) is 0 Å². The van der Waals surface area contributed by atoms with Crippen molar-refractivity contribution in [3.05, 3.63) is 34.4 Å². The van der Waals surface area contributed by atoms with Gasteiger partial charge in [0.2, 0.25) is 0 Å². The highest BCUT2D eigenvalue weighted by atomic mass is 16.5. The fraction of sp³-hybridized carbons (Fsp3) is 0.625. The van der Waals surface area contributed by atoms with E-state index in [9.17, 15) is 0 Å². The second kappa shape index (κ2) is 6.04. The Bertz CT molecular complexity index is 433. The molecule has 1 fully saturated rings. The van der Waals surface area contributed by atoms with Crippen molar-refractivity contribution in [1.29, 1.82) is 0 Å². The van der Waals surface area contributed by atoms with Crippen LogP contribution >= 0.6 is 0 Å². The molecule has 106 valence electrons. The van der Waals surface area contributed by atoms with Gasteiger partial charge in [-0.25, -0.2) is 0 Å². The largest absolute Gasteiger partial charge is 0.380 e. The molecule has 1 heterocycles. The van der Waals surface area contributed by atoms with Crippen molar-refractivity contribution in [2.45, 2.75) is 27.2 Å². The van der Waals surface area contributed by atoms with E-state index in [-0.39, 0.29) is 5.41 Å². The first-order valence-corrected chi connectivity index (χ1v) is 7.12. The van der Waals surface area contributed by atoms with Crippen molar-refractivity contribution in [3.63, 3.8) is 0 Å². The predicted octanol–water partition coefficient (Wildman–Crippen LogP) is 1.72. The summed E-state index contributed by atoms with van der Waals surface area (Å²) in [5.74, 6) is 0. The van der Waals surface area contributed by atoms with Crippen LogP contribution < -0.4 is 11.1 Å². The number of ether oxygens (including phenoxy) is 1. The molecular formula is C16H26N2O. The molecule has 19 heavy (non-hydrogen) atoms. The lowest BCUT2D eigenvalue weighted by atomic mass is 9.86. The molecule has 0 amide bonds. The average molecular weight is 262 g/mol. The summed E-state index contributed by atoms with van der Waals surface area (Å²) < 4.78 is 5.27. The zero-order valence-electron chi connectivity index (χ0n) is 12.4. The van der Waals surface area contributed by atoms with Crippen LogP contribution in [-0.2, 0) is 11.2 Å². The molecule has 3 nitrogen and oxygen atoms in total. The molecule has 0 spiro atoms. The minimum atomic E-state index is 0.193. The first-order valence-electron chi connectivity index (χ1n) is 7.12. The van der Waals surface area contributed by atoms with Gasteiger partial charge in [-0.2, -0.15) is 0 Å². The predicted molar refractivity (Wildman–Crippen MR) is 79.5 cm³/mol. The highest BCUT2D eigenvalue weighted by Crippen LogP contribution is 2.24. The number of aryl methyl sites for hydroxylation is 3. The smallest absolute Gasteiger partial charge is 0.0569 e. The number of nitrogens with one attached hydrogen (secondary N) is 1. The van der Waals surface area contributed by atoms with Crippen molar-refractivity contribution in [3.8, 4) is 0 Å². The monoisotopic (exact) mass is 262 g/mol. The molecular weight excluding hydrogens is 236 g/mol. The van der Waals surface area contributed by atoms with E-state index in [2.05, 4.69) is 38.2 Å². The van der Waals surface area contributed by atoms with Gasteiger partial charge in [0.05, 0.1) is 13.2 Å². The maximum absolute atomic E-state index is 5.80. The molecule has 0 unspecified atom stereocenters. The molecule has 1 aliphatic rings. The second-order valence-corrected chi connectivity index (χ2v) is 5.99. The van der Waals surface area contributed by atoms with Crippen LogP contribution in [0.15, 0.2) is 12.1 Å². The van der Waals surface area contributed by atoms with E-state index >= 15 is 0 Å². The molecule has 3 N–H and O–H groups in total. The summed E-state index contributed by atoms with van der Waals surface area (Å²) in [6.07, 6.45) is 1.08. The van der Waals surface area contributed by atoms with Crippen LogP contribution in [0.1, 0.15) is 22.3 Å². The number of hydrogen-bond acceptors (Lipinski definition) is 3. The van der Waals surface area contributed by atoms with Gasteiger partial charge in [-0.3, -0.25) is 0 Å². The highest BCUT2D eigenvalue weighted by molar-refractivity contribution is 5.36. The quantitative estimate of drug-likeness (QED) is 0.767. The highest BCUT2D eigenvalue weighted by Gasteiger charge is 2.36. The first kappa shape index (κ1) is 14.5. The summed E-state index contributed by atoms with van der Waals surface area (Å²) >= 11 is 0. The maximum Gasteiger partial charge on any atom is 0.0569 e. The lowest BCUT2D eigenvalue weighted by Crippen LogP contribution is -2.54. The van der Waals surface area contributed by atoms with Crippen molar-refractivity contribution < 1.29 is 4.74 Å². The van der Waals surface area contributed by atoms with Crippen LogP contribution in [0.3, 0.4) is 0 Å². The fourth-order valence-corrected chi connectivity index (χ4v) is 2.55. The van der Waals surface area contributed by atoms with E-state index in [4.69, 9.17) is 10.5 Å². The summed E-state index contributed by atoms with van der Waals surface area (Å²) in [7, 11) is 0. The van der Waals surface area contributed by atoms with Gasteiger partial charge in [0.15, 0.2) is 0 Å². The maximum atomic E-state index is 5.80. The average Bonchev–Trinajstić information content (AvgIpc) is 2.33. The van der Waals surface area contributed by atoms with E-state index in [1.165, 1.54) is 22.3 Å². The van der Waals surface area contributed by atoms with Gasteiger partial charge in [0, 0.05) is 18.5 Å².